The first-order valence-electron chi connectivity index (χ1n) is 4.76. The first kappa shape index (κ1) is 13.4. The molecule has 0 aliphatic rings. The van der Waals surface area contributed by atoms with Gasteiger partial charge in [-0.2, -0.15) is 0 Å². The predicted molar refractivity (Wildman–Crippen MR) is 58.9 cm³/mol. The van der Waals surface area contributed by atoms with Crippen LogP contribution in [-0.4, -0.2) is 31.7 Å². The number of hydrogen-bond donors (Lipinski definition) is 1. The van der Waals surface area contributed by atoms with E-state index in [0.717, 1.165) is 0 Å². The van der Waals surface area contributed by atoms with Crippen molar-refractivity contribution >= 4 is 11.6 Å². The Morgan fingerprint density at radius 2 is 2.00 bits per heavy atom. The van der Waals surface area contributed by atoms with Gasteiger partial charge in [-0.15, -0.1) is 0 Å². The van der Waals surface area contributed by atoms with Crippen molar-refractivity contribution in [2.45, 2.75) is 18.8 Å². The summed E-state index contributed by atoms with van der Waals surface area (Å²) in [4.78, 5) is 0. The minimum absolute atomic E-state index is 0.0821. The number of aliphatic hydroxyl groups is 1. The van der Waals surface area contributed by atoms with Gasteiger partial charge in [-0.1, -0.05) is 11.6 Å². The van der Waals surface area contributed by atoms with Crippen molar-refractivity contribution in [1.82, 2.24) is 0 Å². The third kappa shape index (κ3) is 3.42. The number of hydrogen-bond acceptors (Lipinski definition) is 3. The van der Waals surface area contributed by atoms with E-state index in [4.69, 9.17) is 21.1 Å². The largest absolute Gasteiger partial charge is 0.387 e. The van der Waals surface area contributed by atoms with Crippen LogP contribution < -0.4 is 0 Å². The summed E-state index contributed by atoms with van der Waals surface area (Å²) in [6, 6.07) is 4.19. The van der Waals surface area contributed by atoms with Gasteiger partial charge in [0.25, 0.3) is 0 Å². The second-order valence-electron chi connectivity index (χ2n) is 3.35. The SMILES string of the molecule is COC(OC)C(O)Cc1cc(Cl)ccc1F. The summed E-state index contributed by atoms with van der Waals surface area (Å²) in [6.07, 6.45) is -1.64. The van der Waals surface area contributed by atoms with Gasteiger partial charge in [0, 0.05) is 25.7 Å². The molecule has 5 heteroatoms. The fourth-order valence-electron chi connectivity index (χ4n) is 1.43. The maximum atomic E-state index is 13.3. The summed E-state index contributed by atoms with van der Waals surface area (Å²) >= 11 is 5.74. The molecule has 0 spiro atoms. The Morgan fingerprint density at radius 3 is 2.56 bits per heavy atom. The number of aliphatic hydroxyl groups excluding tert-OH is 1. The highest BCUT2D eigenvalue weighted by Gasteiger charge is 2.19. The summed E-state index contributed by atoms with van der Waals surface area (Å²) in [5.74, 6) is -0.408. The Balaban J connectivity index is 2.75. The molecule has 1 N–H and O–H groups in total. The van der Waals surface area contributed by atoms with Crippen molar-refractivity contribution in [2.24, 2.45) is 0 Å². The van der Waals surface area contributed by atoms with Crippen molar-refractivity contribution in [2.75, 3.05) is 14.2 Å². The summed E-state index contributed by atoms with van der Waals surface area (Å²) in [5, 5.41) is 10.1. The van der Waals surface area contributed by atoms with Crippen LogP contribution in [0, 0.1) is 5.82 Å². The maximum absolute atomic E-state index is 13.3. The van der Waals surface area contributed by atoms with E-state index < -0.39 is 18.2 Å². The smallest absolute Gasteiger partial charge is 0.183 e. The second kappa shape index (κ2) is 6.15. The van der Waals surface area contributed by atoms with E-state index in [9.17, 15) is 9.50 Å². The Morgan fingerprint density at radius 1 is 1.38 bits per heavy atom. The van der Waals surface area contributed by atoms with Gasteiger partial charge in [-0.05, 0) is 23.8 Å². The van der Waals surface area contributed by atoms with Crippen LogP contribution in [0.4, 0.5) is 4.39 Å². The van der Waals surface area contributed by atoms with Crippen LogP contribution in [0.5, 0.6) is 0 Å². The van der Waals surface area contributed by atoms with Gasteiger partial charge in [0.15, 0.2) is 6.29 Å². The molecule has 0 radical (unpaired) electrons. The quantitative estimate of drug-likeness (QED) is 0.810. The number of halogens is 2. The molecule has 1 aromatic carbocycles. The molecule has 1 atom stereocenters. The van der Waals surface area contributed by atoms with Gasteiger partial charge in [0.1, 0.15) is 11.9 Å². The molecule has 0 saturated carbocycles. The molecule has 0 heterocycles. The molecule has 1 unspecified atom stereocenters. The summed E-state index contributed by atoms with van der Waals surface area (Å²) in [6.45, 7) is 0. The number of benzene rings is 1. The monoisotopic (exact) mass is 248 g/mol. The molecular formula is C11H14ClFO3. The van der Waals surface area contributed by atoms with Crippen molar-refractivity contribution < 1.29 is 19.0 Å². The lowest BCUT2D eigenvalue weighted by atomic mass is 10.1. The Hall–Kier alpha value is -0.680. The second-order valence-corrected chi connectivity index (χ2v) is 3.78. The third-order valence-electron chi connectivity index (χ3n) is 2.22. The summed E-state index contributed by atoms with van der Waals surface area (Å²) < 4.78 is 23.1. The van der Waals surface area contributed by atoms with E-state index >= 15 is 0 Å². The van der Waals surface area contributed by atoms with Gasteiger partial charge in [0.05, 0.1) is 0 Å². The Labute approximate surface area is 98.7 Å². The van der Waals surface area contributed by atoms with Crippen LogP contribution >= 0.6 is 11.6 Å². The highest BCUT2D eigenvalue weighted by Crippen LogP contribution is 2.17. The highest BCUT2D eigenvalue weighted by molar-refractivity contribution is 6.30. The molecule has 0 aliphatic carbocycles. The average molecular weight is 249 g/mol. The fourth-order valence-corrected chi connectivity index (χ4v) is 1.63. The number of ether oxygens (including phenoxy) is 2. The lowest BCUT2D eigenvalue weighted by Gasteiger charge is -2.20. The van der Waals surface area contributed by atoms with E-state index in [1.165, 1.54) is 32.4 Å². The van der Waals surface area contributed by atoms with Gasteiger partial charge >= 0.3 is 0 Å². The minimum Gasteiger partial charge on any atom is -0.387 e. The van der Waals surface area contributed by atoms with Crippen LogP contribution in [0.3, 0.4) is 0 Å². The van der Waals surface area contributed by atoms with Crippen molar-refractivity contribution in [3.63, 3.8) is 0 Å². The van der Waals surface area contributed by atoms with Crippen LogP contribution in [0.1, 0.15) is 5.56 Å². The van der Waals surface area contributed by atoms with Gasteiger partial charge in [-0.3, -0.25) is 0 Å². The molecule has 0 saturated heterocycles. The Bertz CT molecular complexity index is 342. The van der Waals surface area contributed by atoms with E-state index in [0.29, 0.717) is 10.6 Å². The molecular weight excluding hydrogens is 235 g/mol. The van der Waals surface area contributed by atoms with Crippen molar-refractivity contribution in [1.29, 1.82) is 0 Å². The molecule has 1 aromatic rings. The molecule has 0 aliphatic heterocycles. The van der Waals surface area contributed by atoms with Crippen molar-refractivity contribution in [3.8, 4) is 0 Å². The van der Waals surface area contributed by atoms with E-state index in [2.05, 4.69) is 0 Å². The molecule has 3 nitrogen and oxygen atoms in total. The minimum atomic E-state index is -0.942. The average Bonchev–Trinajstić information content (AvgIpc) is 2.25. The van der Waals surface area contributed by atoms with E-state index in [1.54, 1.807) is 0 Å². The zero-order chi connectivity index (χ0) is 12.1. The lowest BCUT2D eigenvalue weighted by Crippen LogP contribution is -2.31. The van der Waals surface area contributed by atoms with Crippen LogP contribution in [0.15, 0.2) is 18.2 Å². The summed E-state index contributed by atoms with van der Waals surface area (Å²) in [5.41, 5.74) is 0.333. The van der Waals surface area contributed by atoms with E-state index in [-0.39, 0.29) is 6.42 Å². The third-order valence-corrected chi connectivity index (χ3v) is 2.45. The molecule has 1 rings (SSSR count). The van der Waals surface area contributed by atoms with Gasteiger partial charge in [-0.25, -0.2) is 4.39 Å². The van der Waals surface area contributed by atoms with Crippen LogP contribution in [0.25, 0.3) is 0 Å². The number of rotatable bonds is 5. The highest BCUT2D eigenvalue weighted by atomic mass is 35.5. The predicted octanol–water partition coefficient (Wildman–Crippen LogP) is 2.00. The zero-order valence-corrected chi connectivity index (χ0v) is 9.87. The molecule has 0 fully saturated rings. The number of methoxy groups -OCH3 is 2. The first-order chi connectivity index (χ1) is 7.58. The molecule has 0 aromatic heterocycles. The van der Waals surface area contributed by atoms with Gasteiger partial charge < -0.3 is 14.6 Å². The van der Waals surface area contributed by atoms with Crippen molar-refractivity contribution in [3.05, 3.63) is 34.6 Å². The van der Waals surface area contributed by atoms with Crippen LogP contribution in [0.2, 0.25) is 5.02 Å². The standard InChI is InChI=1S/C11H14ClFO3/c1-15-11(16-2)10(14)6-7-5-8(12)3-4-9(7)13/h3-5,10-11,14H,6H2,1-2H3. The van der Waals surface area contributed by atoms with Crippen LogP contribution in [-0.2, 0) is 15.9 Å². The molecule has 0 amide bonds. The summed E-state index contributed by atoms with van der Waals surface area (Å²) in [7, 11) is 2.82. The van der Waals surface area contributed by atoms with Gasteiger partial charge in [0.2, 0.25) is 0 Å². The van der Waals surface area contributed by atoms with E-state index in [1.807, 2.05) is 0 Å². The zero-order valence-electron chi connectivity index (χ0n) is 9.11. The lowest BCUT2D eigenvalue weighted by molar-refractivity contribution is -0.163. The Kier molecular flexibility index (Phi) is 5.15. The molecule has 90 valence electrons. The molecule has 0 bridgehead atoms. The topological polar surface area (TPSA) is 38.7 Å². The fraction of sp³-hybridized carbons (Fsp3) is 0.455. The normalized spacial score (nSPS) is 13.1. The maximum Gasteiger partial charge on any atom is 0.183 e. The molecule has 16 heavy (non-hydrogen) atoms. The first-order valence-corrected chi connectivity index (χ1v) is 5.14.